The van der Waals surface area contributed by atoms with Gasteiger partial charge in [-0.25, -0.2) is 0 Å². The number of carbonyl (C=O) groups excluding carboxylic acids is 1. The number of carbonyl (C=O) groups is 1. The monoisotopic (exact) mass is 809 g/mol. The molecule has 0 aliphatic heterocycles. The van der Waals surface area contributed by atoms with Crippen LogP contribution in [0.4, 0.5) is 0 Å². The Morgan fingerprint density at radius 3 is 2.40 bits per heavy atom. The number of ether oxygens (including phenoxy) is 1. The van der Waals surface area contributed by atoms with Crippen LogP contribution in [0.25, 0.3) is 6.08 Å². The number of Topliss-reactive ketones (excluding diaryl/α,β-unsaturated/α-hetero) is 1. The van der Waals surface area contributed by atoms with E-state index in [1.165, 1.54) is 23.3 Å². The molecule has 0 saturated carbocycles. The van der Waals surface area contributed by atoms with Gasteiger partial charge in [-0.2, -0.15) is 0 Å². The van der Waals surface area contributed by atoms with Crippen molar-refractivity contribution in [2.24, 2.45) is 0 Å². The molecule has 1 unspecified atom stereocenters. The van der Waals surface area contributed by atoms with Gasteiger partial charge in [0.25, 0.3) is 0 Å². The molecule has 0 aromatic carbocycles. The molecule has 0 fully saturated rings. The molecule has 1 aromatic rings. The molecule has 0 radical (unpaired) electrons. The zero-order chi connectivity index (χ0) is 17.5. The second-order valence-electron chi connectivity index (χ2n) is 4.60. The van der Waals surface area contributed by atoms with Gasteiger partial charge in [0.1, 0.15) is 0 Å². The second kappa shape index (κ2) is 20.8. The topological polar surface area (TPSA) is 26.3 Å². The van der Waals surface area contributed by atoms with Crippen LogP contribution >= 0.6 is 11.3 Å². The molecule has 1 aliphatic carbocycles. The second-order valence-corrected chi connectivity index (χ2v) is 5.58. The molecule has 0 bridgehead atoms. The molecular formula is C20H29O2SU2-. The summed E-state index contributed by atoms with van der Waals surface area (Å²) in [7, 11) is 0. The van der Waals surface area contributed by atoms with Crippen molar-refractivity contribution in [3.05, 3.63) is 59.2 Å². The Kier molecular flexibility index (Phi) is 25.2. The summed E-state index contributed by atoms with van der Waals surface area (Å²) in [6.45, 7) is 11.3. The fourth-order valence-corrected chi connectivity index (χ4v) is 2.28. The molecular weight excluding hydrogens is 780 g/mol. The van der Waals surface area contributed by atoms with Gasteiger partial charge in [0.15, 0.2) is 0 Å². The number of allylic oxidation sites excluding steroid dienone is 5. The van der Waals surface area contributed by atoms with Crippen LogP contribution in [0.15, 0.2) is 47.4 Å². The summed E-state index contributed by atoms with van der Waals surface area (Å²) in [5.41, 5.74) is 1.33. The van der Waals surface area contributed by atoms with Crippen LogP contribution in [0.1, 0.15) is 45.4 Å². The van der Waals surface area contributed by atoms with Crippen molar-refractivity contribution in [1.29, 1.82) is 0 Å². The average molecular weight is 810 g/mol. The first kappa shape index (κ1) is 30.3. The molecule has 2 nitrogen and oxygen atoms in total. The summed E-state index contributed by atoms with van der Waals surface area (Å²) >= 11 is 1.77. The summed E-state index contributed by atoms with van der Waals surface area (Å²) < 4.78 is 4.89. The van der Waals surface area contributed by atoms with E-state index < -0.39 is 0 Å². The Morgan fingerprint density at radius 1 is 1.32 bits per heavy atom. The van der Waals surface area contributed by atoms with Gasteiger partial charge in [0.2, 0.25) is 0 Å². The van der Waals surface area contributed by atoms with Crippen molar-refractivity contribution in [2.45, 2.75) is 46.6 Å². The molecule has 1 aromatic heterocycles. The normalized spacial score (nSPS) is 13.0. The van der Waals surface area contributed by atoms with Crippen molar-refractivity contribution in [1.82, 2.24) is 0 Å². The number of hydrogen-bond donors (Lipinski definition) is 0. The minimum Gasteiger partial charge on any atom is -0.374 e. The molecule has 136 valence electrons. The summed E-state index contributed by atoms with van der Waals surface area (Å²) in [5, 5.41) is 2.10. The molecule has 2 rings (SSSR count). The third-order valence-corrected chi connectivity index (χ3v) is 3.71. The summed E-state index contributed by atoms with van der Waals surface area (Å²) in [6, 6.07) is 4.21. The summed E-state index contributed by atoms with van der Waals surface area (Å²) in [6.07, 6.45) is 13.1. The Morgan fingerprint density at radius 2 is 2.00 bits per heavy atom. The Labute approximate surface area is 205 Å². The predicted molar refractivity (Wildman–Crippen MR) is 103 cm³/mol. The van der Waals surface area contributed by atoms with Crippen LogP contribution in [0.3, 0.4) is 0 Å². The minimum absolute atomic E-state index is 0. The number of thiophene rings is 1. The van der Waals surface area contributed by atoms with E-state index >= 15 is 0 Å². The molecule has 5 heteroatoms. The molecule has 1 atom stereocenters. The van der Waals surface area contributed by atoms with Crippen LogP contribution in [0.5, 0.6) is 0 Å². The van der Waals surface area contributed by atoms with Gasteiger partial charge in [-0.05, 0) is 49.8 Å². The Balaban J connectivity index is -0.000000357. The molecule has 0 spiro atoms. The maximum absolute atomic E-state index is 10.3. The number of rotatable bonds is 5. The maximum Gasteiger partial charge on any atom is 0.0843 e. The third kappa shape index (κ3) is 16.4. The number of hydrogen-bond acceptors (Lipinski definition) is 3. The molecule has 0 amide bonds. The zero-order valence-electron chi connectivity index (χ0n) is 15.7. The van der Waals surface area contributed by atoms with Crippen LogP contribution in [0, 0.1) is 69.2 Å². The van der Waals surface area contributed by atoms with Gasteiger partial charge in [-0.1, -0.05) is 44.2 Å². The van der Waals surface area contributed by atoms with E-state index in [0.29, 0.717) is 6.61 Å². The smallest absolute Gasteiger partial charge is 0.0843 e. The van der Waals surface area contributed by atoms with Gasteiger partial charge in [0.05, 0.1) is 6.10 Å². The Hall–Kier alpha value is 0.524. The van der Waals surface area contributed by atoms with Gasteiger partial charge < -0.3 is 16.5 Å². The molecule has 1 aliphatic rings. The quantitative estimate of drug-likeness (QED) is 0.348. The van der Waals surface area contributed by atoms with Gasteiger partial charge in [-0.15, -0.1) is 11.3 Å². The summed E-state index contributed by atoms with van der Waals surface area (Å²) in [4.78, 5) is 11.6. The maximum atomic E-state index is 10.3. The first-order valence-corrected chi connectivity index (χ1v) is 9.07. The van der Waals surface area contributed by atoms with Crippen LogP contribution in [-0.2, 0) is 9.53 Å². The van der Waals surface area contributed by atoms with Crippen LogP contribution in [0.2, 0.25) is 0 Å². The van der Waals surface area contributed by atoms with E-state index in [1.54, 1.807) is 18.3 Å². The van der Waals surface area contributed by atoms with Crippen molar-refractivity contribution < 1.29 is 71.8 Å². The van der Waals surface area contributed by atoms with Crippen LogP contribution in [-0.4, -0.2) is 18.5 Å². The predicted octanol–water partition coefficient (Wildman–Crippen LogP) is 5.88. The van der Waals surface area contributed by atoms with Crippen molar-refractivity contribution in [3.8, 4) is 0 Å². The van der Waals surface area contributed by atoms with Crippen molar-refractivity contribution in [2.75, 3.05) is 6.61 Å². The fraction of sp³-hybridized carbons (Fsp3) is 0.400. The van der Waals surface area contributed by atoms with Crippen LogP contribution < -0.4 is 0 Å². The first-order chi connectivity index (χ1) is 11.1. The Bertz CT molecular complexity index is 506. The van der Waals surface area contributed by atoms with Gasteiger partial charge in [0, 0.05) is 79.5 Å². The minimum atomic E-state index is -0.333. The molecule has 0 saturated heterocycles. The molecule has 1 heterocycles. The van der Waals surface area contributed by atoms with E-state index in [1.807, 2.05) is 20.8 Å². The van der Waals surface area contributed by atoms with Crippen molar-refractivity contribution >= 4 is 23.2 Å². The fourth-order valence-electron chi connectivity index (χ4n) is 1.66. The largest absolute Gasteiger partial charge is 0.374 e. The molecule has 0 N–H and O–H groups in total. The summed E-state index contributed by atoms with van der Waals surface area (Å²) in [5.74, 6) is -0.160. The van der Waals surface area contributed by atoms with E-state index in [4.69, 9.17) is 4.74 Å². The standard InChI is InChI=1S/C12H12S.C6H11O2.C2H6.2U/c1-2-5-11(6-3-1)8-9-12-7-4-10-13-12;1-4-8-6(3)5(2)7;1-2;;/h2,4-10H,1,3H2;6H,2,4H2,1,3H3;1-2H3;;/q;-1;;;/b9-8+;;;;. The van der Waals surface area contributed by atoms with Gasteiger partial charge in [-0.3, -0.25) is 0 Å². The number of ketones is 1. The molecule has 25 heavy (non-hydrogen) atoms. The first-order valence-electron chi connectivity index (χ1n) is 8.19. The SMILES string of the molecule is C1=CC(/C=C/c2cccs2)=CCC1.CC.[CH2-]C(=O)C(C)OCC.[U].[U]. The van der Waals surface area contributed by atoms with Crippen molar-refractivity contribution in [3.63, 3.8) is 0 Å². The van der Waals surface area contributed by atoms with E-state index in [9.17, 15) is 4.79 Å². The zero-order valence-corrected chi connectivity index (χ0v) is 24.9. The van der Waals surface area contributed by atoms with Gasteiger partial charge >= 0.3 is 0 Å². The third-order valence-electron chi connectivity index (χ3n) is 2.88. The average Bonchev–Trinajstić information content (AvgIpc) is 3.10. The van der Waals surface area contributed by atoms with E-state index in [2.05, 4.69) is 54.8 Å². The van der Waals surface area contributed by atoms with E-state index in [0.717, 1.165) is 0 Å². The van der Waals surface area contributed by atoms with E-state index in [-0.39, 0.29) is 74.1 Å².